The van der Waals surface area contributed by atoms with Crippen LogP contribution in [0, 0.1) is 11.3 Å². The number of likely N-dealkylation sites (tertiary alicyclic amines) is 1. The first-order valence-corrected chi connectivity index (χ1v) is 13.2. The number of rotatable bonds is 13. The van der Waals surface area contributed by atoms with Crippen molar-refractivity contribution >= 4 is 18.7 Å². The maximum Gasteiger partial charge on any atom is 0.318 e. The molecule has 200 valence electrons. The molecule has 0 spiro atoms. The number of hydrogen-bond donors (Lipinski definition) is 2. The Morgan fingerprint density at radius 2 is 1.77 bits per heavy atom. The maximum atomic E-state index is 13.3. The lowest BCUT2D eigenvalue weighted by atomic mass is 9.80. The minimum absolute atomic E-state index is 0.0469. The smallest absolute Gasteiger partial charge is 0.318 e. The highest BCUT2D eigenvalue weighted by Gasteiger charge is 2.35. The lowest BCUT2D eigenvalue weighted by Crippen LogP contribution is -2.54. The summed E-state index contributed by atoms with van der Waals surface area (Å²) in [5.74, 6) is 0.0823. The summed E-state index contributed by atoms with van der Waals surface area (Å²) >= 11 is 0. The molecule has 7 heteroatoms. The van der Waals surface area contributed by atoms with Crippen LogP contribution in [0.15, 0.2) is 28.4 Å². The number of nitrogens with zero attached hydrogens (tertiary/aromatic N) is 3. The molecular weight excluding hydrogens is 438 g/mol. The Hall–Kier alpha value is -2.15. The number of nitrogens with one attached hydrogen (secondary N) is 2. The van der Waals surface area contributed by atoms with Crippen LogP contribution in [0.2, 0.25) is 0 Å². The Kier molecular flexibility index (Phi) is 12.2. The van der Waals surface area contributed by atoms with Crippen molar-refractivity contribution < 1.29 is 9.59 Å². The lowest BCUT2D eigenvalue weighted by molar-refractivity contribution is -0.137. The molecule has 1 rings (SSSR count). The number of amides is 3. The summed E-state index contributed by atoms with van der Waals surface area (Å²) in [6.07, 6.45) is 6.54. The Morgan fingerprint density at radius 3 is 2.29 bits per heavy atom. The second-order valence-electron chi connectivity index (χ2n) is 11.1. The highest BCUT2D eigenvalue weighted by atomic mass is 16.2. The Balaban J connectivity index is 2.65. The van der Waals surface area contributed by atoms with Crippen LogP contribution in [0.25, 0.3) is 0 Å². The van der Waals surface area contributed by atoms with Crippen LogP contribution < -0.4 is 10.6 Å². The van der Waals surface area contributed by atoms with Crippen LogP contribution in [0.4, 0.5) is 4.79 Å². The molecule has 0 radical (unpaired) electrons. The van der Waals surface area contributed by atoms with Gasteiger partial charge in [0, 0.05) is 50.5 Å². The SMILES string of the molecule is C=NC=C1CN(C(=O)NCCC(C)(CC)CCN(CC)C(=O)C(C)C(C)(C)NC(C)C)CC1=CC. The van der Waals surface area contributed by atoms with Crippen molar-refractivity contribution in [2.45, 2.75) is 93.2 Å². The molecule has 0 saturated carbocycles. The van der Waals surface area contributed by atoms with Gasteiger partial charge in [0.1, 0.15) is 0 Å². The van der Waals surface area contributed by atoms with Crippen LogP contribution in [0.3, 0.4) is 0 Å². The minimum atomic E-state index is -0.268. The molecule has 2 unspecified atom stereocenters. The molecule has 35 heavy (non-hydrogen) atoms. The first-order valence-electron chi connectivity index (χ1n) is 13.2. The van der Waals surface area contributed by atoms with Gasteiger partial charge in [-0.15, -0.1) is 0 Å². The molecule has 1 heterocycles. The first kappa shape index (κ1) is 30.9. The van der Waals surface area contributed by atoms with Gasteiger partial charge in [-0.3, -0.25) is 9.79 Å². The van der Waals surface area contributed by atoms with E-state index in [2.05, 4.69) is 70.8 Å². The summed E-state index contributed by atoms with van der Waals surface area (Å²) in [6, 6.07) is 0.273. The fraction of sp³-hybridized carbons (Fsp3) is 0.750. The van der Waals surface area contributed by atoms with Gasteiger partial charge >= 0.3 is 6.03 Å². The van der Waals surface area contributed by atoms with E-state index in [4.69, 9.17) is 0 Å². The Bertz CT molecular complexity index is 786. The van der Waals surface area contributed by atoms with E-state index in [9.17, 15) is 9.59 Å². The maximum absolute atomic E-state index is 13.3. The van der Waals surface area contributed by atoms with Crippen LogP contribution in [-0.4, -0.2) is 72.8 Å². The Morgan fingerprint density at radius 1 is 1.14 bits per heavy atom. The van der Waals surface area contributed by atoms with E-state index in [1.807, 2.05) is 24.8 Å². The number of urea groups is 1. The first-order chi connectivity index (χ1) is 16.3. The summed E-state index contributed by atoms with van der Waals surface area (Å²) in [6.45, 7) is 25.7. The molecule has 2 atom stereocenters. The number of carbonyl (C=O) groups is 2. The zero-order valence-electron chi connectivity index (χ0n) is 23.8. The van der Waals surface area contributed by atoms with Gasteiger partial charge in [-0.25, -0.2) is 4.79 Å². The molecule has 1 aliphatic rings. The summed E-state index contributed by atoms with van der Waals surface area (Å²) in [5, 5.41) is 6.63. The van der Waals surface area contributed by atoms with Crippen molar-refractivity contribution in [3.63, 3.8) is 0 Å². The van der Waals surface area contributed by atoms with Crippen molar-refractivity contribution in [1.29, 1.82) is 0 Å². The van der Waals surface area contributed by atoms with E-state index in [0.29, 0.717) is 32.2 Å². The average molecular weight is 490 g/mol. The third kappa shape index (κ3) is 9.10. The molecule has 1 aliphatic heterocycles. The van der Waals surface area contributed by atoms with E-state index in [-0.39, 0.29) is 28.8 Å². The van der Waals surface area contributed by atoms with E-state index >= 15 is 0 Å². The second-order valence-corrected chi connectivity index (χ2v) is 11.1. The van der Waals surface area contributed by atoms with Crippen LogP contribution in [0.1, 0.15) is 81.6 Å². The summed E-state index contributed by atoms with van der Waals surface area (Å²) in [5.41, 5.74) is 1.95. The van der Waals surface area contributed by atoms with E-state index < -0.39 is 0 Å². The molecule has 0 aromatic rings. The third-order valence-electron chi connectivity index (χ3n) is 7.67. The molecule has 7 nitrogen and oxygen atoms in total. The van der Waals surface area contributed by atoms with Gasteiger partial charge in [-0.05, 0) is 63.8 Å². The highest BCUT2D eigenvalue weighted by molar-refractivity contribution is 5.79. The van der Waals surface area contributed by atoms with Crippen molar-refractivity contribution in [3.05, 3.63) is 23.4 Å². The Labute approximate surface area is 214 Å². The van der Waals surface area contributed by atoms with Crippen LogP contribution in [0.5, 0.6) is 0 Å². The molecule has 1 saturated heterocycles. The van der Waals surface area contributed by atoms with Crippen molar-refractivity contribution in [2.75, 3.05) is 32.7 Å². The predicted molar refractivity (Wildman–Crippen MR) is 148 cm³/mol. The molecule has 0 aromatic heterocycles. The van der Waals surface area contributed by atoms with E-state index in [0.717, 1.165) is 37.0 Å². The van der Waals surface area contributed by atoms with Crippen molar-refractivity contribution in [2.24, 2.45) is 16.3 Å². The summed E-state index contributed by atoms with van der Waals surface area (Å²) in [7, 11) is 0. The van der Waals surface area contributed by atoms with Gasteiger partial charge in [-0.1, -0.05) is 47.1 Å². The number of hydrogen-bond acceptors (Lipinski definition) is 4. The molecule has 0 bridgehead atoms. The molecule has 0 aromatic carbocycles. The molecule has 2 N–H and O–H groups in total. The highest BCUT2D eigenvalue weighted by Crippen LogP contribution is 2.31. The lowest BCUT2D eigenvalue weighted by Gasteiger charge is -2.38. The zero-order valence-corrected chi connectivity index (χ0v) is 23.8. The van der Waals surface area contributed by atoms with E-state index in [1.165, 1.54) is 0 Å². The summed E-state index contributed by atoms with van der Waals surface area (Å²) < 4.78 is 0. The third-order valence-corrected chi connectivity index (χ3v) is 7.67. The normalized spacial score (nSPS) is 19.2. The largest absolute Gasteiger partial charge is 0.343 e. The molecule has 1 fully saturated rings. The van der Waals surface area contributed by atoms with Gasteiger partial charge in [0.05, 0.1) is 5.92 Å². The molecule has 0 aliphatic carbocycles. The van der Waals surface area contributed by atoms with Gasteiger partial charge in [0.2, 0.25) is 5.91 Å². The minimum Gasteiger partial charge on any atom is -0.343 e. The van der Waals surface area contributed by atoms with Crippen molar-refractivity contribution in [1.82, 2.24) is 20.4 Å². The number of allylic oxidation sites excluding steroid dienone is 1. The molecular formula is C28H51N5O2. The van der Waals surface area contributed by atoms with Gasteiger partial charge in [-0.2, -0.15) is 0 Å². The summed E-state index contributed by atoms with van der Waals surface area (Å²) in [4.78, 5) is 33.7. The van der Waals surface area contributed by atoms with Crippen LogP contribution >= 0.6 is 0 Å². The van der Waals surface area contributed by atoms with E-state index in [1.54, 1.807) is 11.1 Å². The fourth-order valence-corrected chi connectivity index (χ4v) is 4.67. The number of carbonyl (C=O) groups excluding carboxylic acids is 2. The second kappa shape index (κ2) is 13.8. The average Bonchev–Trinajstić information content (AvgIpc) is 3.21. The monoisotopic (exact) mass is 489 g/mol. The van der Waals surface area contributed by atoms with Gasteiger partial charge < -0.3 is 20.4 Å². The number of aliphatic imine (C=N–C) groups is 1. The van der Waals surface area contributed by atoms with Crippen molar-refractivity contribution in [3.8, 4) is 0 Å². The standard InChI is InChI=1S/C28H51N5O2/c1-11-23-19-33(20-24(23)18-29-10)26(35)30-16-14-28(9,12-2)15-17-32(13-3)25(34)22(6)27(7,8)31-21(4)5/h11,18,21-22,31H,10,12-17,19-20H2,1-9H3,(H,30,35). The quantitative estimate of drug-likeness (QED) is 0.357. The van der Waals surface area contributed by atoms with Crippen LogP contribution in [-0.2, 0) is 4.79 Å². The van der Waals surface area contributed by atoms with Gasteiger partial charge in [0.25, 0.3) is 0 Å². The fourth-order valence-electron chi connectivity index (χ4n) is 4.67. The van der Waals surface area contributed by atoms with Gasteiger partial charge in [0.15, 0.2) is 0 Å². The predicted octanol–water partition coefficient (Wildman–Crippen LogP) is 5.00. The molecule has 3 amide bonds. The topological polar surface area (TPSA) is 77.0 Å². The zero-order chi connectivity index (χ0) is 26.8.